The van der Waals surface area contributed by atoms with Gasteiger partial charge in [-0.3, -0.25) is 9.59 Å². The van der Waals surface area contributed by atoms with E-state index in [4.69, 9.17) is 5.26 Å². The fourth-order valence-electron chi connectivity index (χ4n) is 3.45. The van der Waals surface area contributed by atoms with Gasteiger partial charge in [0.1, 0.15) is 5.82 Å². The molecular weight excluding hydrogens is 357 g/mol. The van der Waals surface area contributed by atoms with Crippen molar-refractivity contribution in [2.24, 2.45) is 5.92 Å². The predicted molar refractivity (Wildman–Crippen MR) is 103 cm³/mol. The molecule has 1 fully saturated rings. The van der Waals surface area contributed by atoms with E-state index in [1.165, 1.54) is 24.3 Å². The summed E-state index contributed by atoms with van der Waals surface area (Å²) in [6.07, 6.45) is 1.23. The lowest BCUT2D eigenvalue weighted by atomic mass is 9.94. The number of hydrogen-bond acceptors (Lipinski definition) is 3. The zero-order valence-corrected chi connectivity index (χ0v) is 15.8. The summed E-state index contributed by atoms with van der Waals surface area (Å²) < 4.78 is 13.0. The van der Waals surface area contributed by atoms with Gasteiger partial charge < -0.3 is 9.80 Å². The molecule has 0 radical (unpaired) electrons. The van der Waals surface area contributed by atoms with Gasteiger partial charge >= 0.3 is 0 Å². The molecule has 2 amide bonds. The van der Waals surface area contributed by atoms with Crippen LogP contribution < -0.4 is 0 Å². The van der Waals surface area contributed by atoms with Crippen molar-refractivity contribution in [2.75, 3.05) is 20.1 Å². The first-order valence-electron chi connectivity index (χ1n) is 9.27. The number of halogens is 1. The molecule has 1 aliphatic rings. The third-order valence-electron chi connectivity index (χ3n) is 5.10. The van der Waals surface area contributed by atoms with E-state index >= 15 is 0 Å². The minimum absolute atomic E-state index is 0.0678. The van der Waals surface area contributed by atoms with Crippen molar-refractivity contribution in [1.82, 2.24) is 9.80 Å². The van der Waals surface area contributed by atoms with Crippen molar-refractivity contribution in [3.8, 4) is 6.07 Å². The topological polar surface area (TPSA) is 64.4 Å². The third-order valence-corrected chi connectivity index (χ3v) is 5.10. The number of hydrogen-bond donors (Lipinski definition) is 0. The standard InChI is InChI=1S/C22H22FN3O2/c1-25(15-17-4-2-16(14-24)3-5-17)21(27)19-10-12-26(13-11-19)22(28)18-6-8-20(23)9-7-18/h2-9,19H,10-13,15H2,1H3. The SMILES string of the molecule is CN(Cc1ccc(C#N)cc1)C(=O)C1CCN(C(=O)c2ccc(F)cc2)CC1. The minimum atomic E-state index is -0.369. The minimum Gasteiger partial charge on any atom is -0.341 e. The van der Waals surface area contributed by atoms with Gasteiger partial charge in [-0.25, -0.2) is 4.39 Å². The van der Waals surface area contributed by atoms with E-state index < -0.39 is 0 Å². The average Bonchev–Trinajstić information content (AvgIpc) is 2.74. The lowest BCUT2D eigenvalue weighted by Gasteiger charge is -2.33. The highest BCUT2D eigenvalue weighted by molar-refractivity contribution is 5.94. The molecule has 3 rings (SSSR count). The molecule has 0 spiro atoms. The second-order valence-corrected chi connectivity index (χ2v) is 7.08. The molecule has 28 heavy (non-hydrogen) atoms. The maximum atomic E-state index is 13.0. The molecule has 0 atom stereocenters. The molecule has 144 valence electrons. The molecule has 1 saturated heterocycles. The van der Waals surface area contributed by atoms with E-state index in [9.17, 15) is 14.0 Å². The molecule has 0 saturated carbocycles. The van der Waals surface area contributed by atoms with Crippen LogP contribution in [0.5, 0.6) is 0 Å². The summed E-state index contributed by atoms with van der Waals surface area (Å²) >= 11 is 0. The molecule has 0 aliphatic carbocycles. The zero-order chi connectivity index (χ0) is 20.1. The highest BCUT2D eigenvalue weighted by Crippen LogP contribution is 2.22. The van der Waals surface area contributed by atoms with Gasteiger partial charge in [0.25, 0.3) is 5.91 Å². The van der Waals surface area contributed by atoms with Crippen LogP contribution in [0.4, 0.5) is 4.39 Å². The lowest BCUT2D eigenvalue weighted by Crippen LogP contribution is -2.43. The number of piperidine rings is 1. The summed E-state index contributed by atoms with van der Waals surface area (Å²) in [5.41, 5.74) is 2.03. The molecule has 1 heterocycles. The van der Waals surface area contributed by atoms with Crippen LogP contribution in [0.3, 0.4) is 0 Å². The smallest absolute Gasteiger partial charge is 0.253 e. The normalized spacial score (nSPS) is 14.4. The van der Waals surface area contributed by atoms with Crippen LogP contribution in [0.15, 0.2) is 48.5 Å². The molecule has 2 aromatic carbocycles. The number of amides is 2. The summed E-state index contributed by atoms with van der Waals surface area (Å²) in [7, 11) is 1.77. The van der Waals surface area contributed by atoms with Crippen molar-refractivity contribution in [2.45, 2.75) is 19.4 Å². The Morgan fingerprint density at radius 3 is 2.29 bits per heavy atom. The van der Waals surface area contributed by atoms with Crippen LogP contribution in [0.1, 0.15) is 34.3 Å². The number of nitriles is 1. The van der Waals surface area contributed by atoms with Crippen LogP contribution in [0.25, 0.3) is 0 Å². The van der Waals surface area contributed by atoms with Crippen molar-refractivity contribution >= 4 is 11.8 Å². The molecule has 2 aromatic rings. The van der Waals surface area contributed by atoms with Gasteiger partial charge in [-0.1, -0.05) is 12.1 Å². The summed E-state index contributed by atoms with van der Waals surface area (Å²) in [6, 6.07) is 14.8. The average molecular weight is 379 g/mol. The number of nitrogens with zero attached hydrogens (tertiary/aromatic N) is 3. The highest BCUT2D eigenvalue weighted by atomic mass is 19.1. The van der Waals surface area contributed by atoms with Gasteiger partial charge in [-0.15, -0.1) is 0 Å². The lowest BCUT2D eigenvalue weighted by molar-refractivity contribution is -0.136. The molecule has 0 N–H and O–H groups in total. The monoisotopic (exact) mass is 379 g/mol. The Hall–Kier alpha value is -3.20. The number of likely N-dealkylation sites (tertiary alicyclic amines) is 1. The Balaban J connectivity index is 1.53. The summed E-state index contributed by atoms with van der Waals surface area (Å²) in [5.74, 6) is -0.540. The van der Waals surface area contributed by atoms with Gasteiger partial charge in [0.15, 0.2) is 0 Å². The Bertz CT molecular complexity index is 879. The third kappa shape index (κ3) is 4.55. The van der Waals surface area contributed by atoms with E-state index in [1.54, 1.807) is 29.0 Å². The Kier molecular flexibility index (Phi) is 6.05. The van der Waals surface area contributed by atoms with Crippen molar-refractivity contribution < 1.29 is 14.0 Å². The van der Waals surface area contributed by atoms with Crippen LogP contribution in [-0.2, 0) is 11.3 Å². The van der Waals surface area contributed by atoms with E-state index in [0.717, 1.165) is 5.56 Å². The molecular formula is C22H22FN3O2. The fourth-order valence-corrected chi connectivity index (χ4v) is 3.45. The van der Waals surface area contributed by atoms with Crippen LogP contribution >= 0.6 is 0 Å². The van der Waals surface area contributed by atoms with E-state index in [1.807, 2.05) is 12.1 Å². The van der Waals surface area contributed by atoms with Crippen LogP contribution in [-0.4, -0.2) is 41.8 Å². The van der Waals surface area contributed by atoms with Crippen molar-refractivity contribution in [3.05, 3.63) is 71.0 Å². The second kappa shape index (κ2) is 8.66. The summed E-state index contributed by atoms with van der Waals surface area (Å²) in [5, 5.41) is 8.85. The van der Waals surface area contributed by atoms with Gasteiger partial charge in [-0.2, -0.15) is 5.26 Å². The van der Waals surface area contributed by atoms with E-state index in [2.05, 4.69) is 6.07 Å². The second-order valence-electron chi connectivity index (χ2n) is 7.08. The Labute approximate surface area is 164 Å². The fraction of sp³-hybridized carbons (Fsp3) is 0.318. The molecule has 0 bridgehead atoms. The summed E-state index contributed by atoms with van der Waals surface area (Å²) in [4.78, 5) is 28.7. The van der Waals surface area contributed by atoms with Crippen LogP contribution in [0.2, 0.25) is 0 Å². The first-order valence-corrected chi connectivity index (χ1v) is 9.27. The zero-order valence-electron chi connectivity index (χ0n) is 15.8. The molecule has 6 heteroatoms. The van der Waals surface area contributed by atoms with E-state index in [-0.39, 0.29) is 23.5 Å². The van der Waals surface area contributed by atoms with Gasteiger partial charge in [0.05, 0.1) is 11.6 Å². The molecule has 0 aromatic heterocycles. The maximum absolute atomic E-state index is 13.0. The first kappa shape index (κ1) is 19.6. The largest absolute Gasteiger partial charge is 0.341 e. The van der Waals surface area contributed by atoms with E-state index in [0.29, 0.717) is 43.6 Å². The summed E-state index contributed by atoms with van der Waals surface area (Å²) in [6.45, 7) is 1.51. The number of carbonyl (C=O) groups is 2. The van der Waals surface area contributed by atoms with Gasteiger partial charge in [-0.05, 0) is 54.8 Å². The highest BCUT2D eigenvalue weighted by Gasteiger charge is 2.29. The number of benzene rings is 2. The van der Waals surface area contributed by atoms with Crippen molar-refractivity contribution in [3.63, 3.8) is 0 Å². The molecule has 0 unspecified atom stereocenters. The maximum Gasteiger partial charge on any atom is 0.253 e. The molecule has 1 aliphatic heterocycles. The first-order chi connectivity index (χ1) is 13.5. The van der Waals surface area contributed by atoms with Crippen molar-refractivity contribution in [1.29, 1.82) is 5.26 Å². The Morgan fingerprint density at radius 2 is 1.71 bits per heavy atom. The molecule has 5 nitrogen and oxygen atoms in total. The Morgan fingerprint density at radius 1 is 1.11 bits per heavy atom. The van der Waals surface area contributed by atoms with Gasteiger partial charge in [0, 0.05) is 38.2 Å². The predicted octanol–water partition coefficient (Wildman–Crippen LogP) is 3.21. The number of carbonyl (C=O) groups excluding carboxylic acids is 2. The quantitative estimate of drug-likeness (QED) is 0.819. The van der Waals surface area contributed by atoms with Crippen LogP contribution in [0, 0.1) is 23.1 Å². The number of rotatable bonds is 4. The van der Waals surface area contributed by atoms with Gasteiger partial charge in [0.2, 0.25) is 5.91 Å².